The summed E-state index contributed by atoms with van der Waals surface area (Å²) in [5.74, 6) is 0. The van der Waals surface area contributed by atoms with Gasteiger partial charge in [-0.15, -0.1) is 0 Å². The summed E-state index contributed by atoms with van der Waals surface area (Å²) in [5.41, 5.74) is 4.37. The Bertz CT molecular complexity index is 1310. The number of nitrogens with zero attached hydrogens (tertiary/aromatic N) is 2. The van der Waals surface area contributed by atoms with Crippen LogP contribution in [0.3, 0.4) is 0 Å². The minimum atomic E-state index is -1.18. The van der Waals surface area contributed by atoms with E-state index in [1.807, 2.05) is 12.1 Å². The second kappa shape index (κ2) is 8.67. The zero-order chi connectivity index (χ0) is 21.0. The van der Waals surface area contributed by atoms with Gasteiger partial charge in [0, 0.05) is 39.8 Å². The van der Waals surface area contributed by atoms with Crippen LogP contribution >= 0.6 is 15.9 Å². The van der Waals surface area contributed by atoms with Crippen molar-refractivity contribution >= 4 is 52.1 Å². The van der Waals surface area contributed by atoms with E-state index in [-0.39, 0.29) is 11.1 Å². The lowest BCUT2D eigenvalue weighted by Gasteiger charge is -2.08. The third-order valence-electron chi connectivity index (χ3n) is 3.91. The number of H-pyrrole nitrogens is 2. The SMILES string of the molecule is C[Si](C)(C)C=Cc1cnc2[nH]c(=O)ccc2c1.O=c1ccc2cc(Br)cnc2[nH]1. The summed E-state index contributed by atoms with van der Waals surface area (Å²) in [6.45, 7) is 6.86. The Morgan fingerprint density at radius 1 is 0.862 bits per heavy atom. The smallest absolute Gasteiger partial charge is 0.249 e. The predicted octanol–water partition coefficient (Wildman–Crippen LogP) is 4.50. The fourth-order valence-corrected chi connectivity index (χ4v) is 3.54. The lowest BCUT2D eigenvalue weighted by Crippen LogP contribution is -2.15. The van der Waals surface area contributed by atoms with Crippen molar-refractivity contribution in [1.29, 1.82) is 0 Å². The van der Waals surface area contributed by atoms with Gasteiger partial charge in [-0.05, 0) is 45.8 Å². The first-order valence-electron chi connectivity index (χ1n) is 9.02. The molecule has 6 nitrogen and oxygen atoms in total. The largest absolute Gasteiger partial charge is 0.307 e. The summed E-state index contributed by atoms with van der Waals surface area (Å²) in [4.78, 5) is 35.6. The number of rotatable bonds is 2. The summed E-state index contributed by atoms with van der Waals surface area (Å²) < 4.78 is 0.905. The van der Waals surface area contributed by atoms with Gasteiger partial charge < -0.3 is 9.97 Å². The molecule has 0 aliphatic heterocycles. The lowest BCUT2D eigenvalue weighted by molar-refractivity contribution is 1.23. The Balaban J connectivity index is 0.000000176. The Labute approximate surface area is 176 Å². The molecular weight excluding hydrogens is 448 g/mol. The minimum absolute atomic E-state index is 0.115. The molecule has 0 saturated heterocycles. The number of aromatic amines is 2. The zero-order valence-electron chi connectivity index (χ0n) is 16.4. The second-order valence-corrected chi connectivity index (χ2v) is 13.6. The van der Waals surface area contributed by atoms with Gasteiger partial charge >= 0.3 is 0 Å². The second-order valence-electron chi connectivity index (χ2n) is 7.64. The molecule has 0 unspecified atom stereocenters. The van der Waals surface area contributed by atoms with E-state index in [9.17, 15) is 9.59 Å². The van der Waals surface area contributed by atoms with Gasteiger partial charge in [0.05, 0.1) is 8.07 Å². The van der Waals surface area contributed by atoms with Crippen molar-refractivity contribution in [3.8, 4) is 0 Å². The first-order chi connectivity index (χ1) is 13.7. The normalized spacial score (nSPS) is 11.6. The summed E-state index contributed by atoms with van der Waals surface area (Å²) in [6.07, 6.45) is 5.55. The van der Waals surface area contributed by atoms with Gasteiger partial charge in [-0.1, -0.05) is 31.4 Å². The van der Waals surface area contributed by atoms with Crippen molar-refractivity contribution in [3.63, 3.8) is 0 Å². The van der Waals surface area contributed by atoms with Crippen molar-refractivity contribution in [3.05, 3.63) is 85.2 Å². The van der Waals surface area contributed by atoms with Gasteiger partial charge in [0.25, 0.3) is 0 Å². The number of aromatic nitrogens is 4. The molecule has 0 amide bonds. The molecule has 29 heavy (non-hydrogen) atoms. The Hall–Kier alpha value is -2.84. The summed E-state index contributed by atoms with van der Waals surface area (Å²) in [5, 5.41) is 1.88. The van der Waals surface area contributed by atoms with Gasteiger partial charge in [-0.3, -0.25) is 9.59 Å². The lowest BCUT2D eigenvalue weighted by atomic mass is 10.2. The highest BCUT2D eigenvalue weighted by Crippen LogP contribution is 2.14. The van der Waals surface area contributed by atoms with E-state index in [2.05, 4.69) is 67.3 Å². The van der Waals surface area contributed by atoms with Crippen LogP contribution in [0, 0.1) is 0 Å². The Morgan fingerprint density at radius 3 is 2.00 bits per heavy atom. The maximum Gasteiger partial charge on any atom is 0.249 e. The van der Waals surface area contributed by atoms with E-state index < -0.39 is 8.07 Å². The van der Waals surface area contributed by atoms with Crippen molar-refractivity contribution in [2.24, 2.45) is 0 Å². The Kier molecular flexibility index (Phi) is 6.24. The van der Waals surface area contributed by atoms with E-state index in [0.717, 1.165) is 20.8 Å². The first kappa shape index (κ1) is 20.9. The topological polar surface area (TPSA) is 91.5 Å². The van der Waals surface area contributed by atoms with Crippen LogP contribution in [0.4, 0.5) is 0 Å². The first-order valence-corrected chi connectivity index (χ1v) is 13.4. The van der Waals surface area contributed by atoms with Gasteiger partial charge in [-0.2, -0.15) is 0 Å². The zero-order valence-corrected chi connectivity index (χ0v) is 18.9. The molecule has 148 valence electrons. The quantitative estimate of drug-likeness (QED) is 0.423. The van der Waals surface area contributed by atoms with Gasteiger partial charge in [0.15, 0.2) is 0 Å². The van der Waals surface area contributed by atoms with Gasteiger partial charge in [0.1, 0.15) is 11.3 Å². The predicted molar refractivity (Wildman–Crippen MR) is 125 cm³/mol. The third-order valence-corrected chi connectivity index (χ3v) is 5.51. The number of pyridine rings is 4. The standard InChI is InChI=1S/C13H16N2OSi.C8H5BrN2O/c1-17(2,3)7-6-10-8-11-4-5-12(16)15-13(11)14-9-10;9-6-3-5-1-2-7(12)11-8(5)10-4-6/h4-9H,1-3H3,(H,14,15,16);1-4H,(H,10,11,12). The number of hydrogen-bond donors (Lipinski definition) is 2. The van der Waals surface area contributed by atoms with E-state index in [0.29, 0.717) is 11.3 Å². The molecule has 4 aromatic rings. The van der Waals surface area contributed by atoms with Crippen LogP contribution in [0.25, 0.3) is 28.1 Å². The minimum Gasteiger partial charge on any atom is -0.307 e. The fourth-order valence-electron chi connectivity index (χ4n) is 2.50. The molecule has 0 aliphatic carbocycles. The number of hydrogen-bond acceptors (Lipinski definition) is 4. The van der Waals surface area contributed by atoms with Crippen LogP contribution in [0.15, 0.2) is 68.6 Å². The van der Waals surface area contributed by atoms with Crippen LogP contribution in [0.1, 0.15) is 5.56 Å². The average Bonchev–Trinajstić information content (AvgIpc) is 2.66. The molecule has 2 N–H and O–H groups in total. The maximum absolute atomic E-state index is 11.1. The molecular formula is C21H21BrN4O2Si. The van der Waals surface area contributed by atoms with E-state index in [1.165, 1.54) is 12.1 Å². The molecule has 0 fully saturated rings. The van der Waals surface area contributed by atoms with E-state index in [4.69, 9.17) is 0 Å². The van der Waals surface area contributed by atoms with Crippen molar-refractivity contribution < 1.29 is 0 Å². The monoisotopic (exact) mass is 468 g/mol. The third kappa shape index (κ3) is 6.07. The van der Waals surface area contributed by atoms with Crippen LogP contribution in [-0.2, 0) is 0 Å². The molecule has 4 rings (SSSR count). The van der Waals surface area contributed by atoms with Crippen LogP contribution in [-0.4, -0.2) is 28.0 Å². The summed E-state index contributed by atoms with van der Waals surface area (Å²) in [7, 11) is -1.18. The molecule has 0 bridgehead atoms. The number of fused-ring (bicyclic) bond motifs is 2. The molecule has 8 heteroatoms. The highest BCUT2D eigenvalue weighted by atomic mass is 79.9. The fraction of sp³-hybridized carbons (Fsp3) is 0.143. The molecule has 0 aliphatic rings. The average molecular weight is 469 g/mol. The number of halogens is 1. The van der Waals surface area contributed by atoms with Crippen molar-refractivity contribution in [2.45, 2.75) is 19.6 Å². The van der Waals surface area contributed by atoms with E-state index in [1.54, 1.807) is 24.5 Å². The van der Waals surface area contributed by atoms with Crippen LogP contribution in [0.2, 0.25) is 19.6 Å². The highest BCUT2D eigenvalue weighted by Gasteiger charge is 2.06. The van der Waals surface area contributed by atoms with E-state index >= 15 is 0 Å². The van der Waals surface area contributed by atoms with Crippen molar-refractivity contribution in [2.75, 3.05) is 0 Å². The molecule has 0 atom stereocenters. The molecule has 0 aromatic carbocycles. The van der Waals surface area contributed by atoms with Gasteiger partial charge in [-0.25, -0.2) is 9.97 Å². The van der Waals surface area contributed by atoms with Crippen LogP contribution in [0.5, 0.6) is 0 Å². The maximum atomic E-state index is 11.1. The molecule has 4 aromatic heterocycles. The summed E-state index contributed by atoms with van der Waals surface area (Å²) >= 11 is 3.30. The number of nitrogens with one attached hydrogen (secondary N) is 2. The molecule has 4 heterocycles. The molecule has 0 radical (unpaired) electrons. The Morgan fingerprint density at radius 2 is 1.41 bits per heavy atom. The van der Waals surface area contributed by atoms with Crippen LogP contribution < -0.4 is 11.1 Å². The summed E-state index contributed by atoms with van der Waals surface area (Å²) in [6, 6.07) is 10.5. The highest BCUT2D eigenvalue weighted by molar-refractivity contribution is 9.10. The van der Waals surface area contributed by atoms with Gasteiger partial charge in [0.2, 0.25) is 11.1 Å². The molecule has 0 spiro atoms. The van der Waals surface area contributed by atoms with Crippen molar-refractivity contribution in [1.82, 2.24) is 19.9 Å². The molecule has 0 saturated carbocycles.